The van der Waals surface area contributed by atoms with E-state index >= 15 is 0 Å². The van der Waals surface area contributed by atoms with Crippen LogP contribution in [0.2, 0.25) is 0 Å². The summed E-state index contributed by atoms with van der Waals surface area (Å²) >= 11 is 4.66. The Balaban J connectivity index is 4.54. The molecule has 0 aliphatic rings. The van der Waals surface area contributed by atoms with Crippen molar-refractivity contribution in [1.82, 2.24) is 0 Å². The zero-order chi connectivity index (χ0) is 27.1. The highest BCUT2D eigenvalue weighted by Crippen LogP contribution is 2.27. The van der Waals surface area contributed by atoms with Crippen LogP contribution < -0.4 is 0 Å². The van der Waals surface area contributed by atoms with Gasteiger partial charge in [-0.15, -0.1) is 12.6 Å². The SMILES string of the molecule is CCCCCCCCCCCC(CCCCCCCC)CC(S)OC(CC)OCC(O)([PH2]=O)C(=O)O. The van der Waals surface area contributed by atoms with E-state index in [1.54, 1.807) is 0 Å². The van der Waals surface area contributed by atoms with E-state index in [0.717, 1.165) is 6.42 Å². The first-order chi connectivity index (χ1) is 17.3. The summed E-state index contributed by atoms with van der Waals surface area (Å²) in [5.41, 5.74) is -0.323. The van der Waals surface area contributed by atoms with Crippen molar-refractivity contribution in [3.05, 3.63) is 0 Å². The van der Waals surface area contributed by atoms with Gasteiger partial charge in [0.25, 0.3) is 0 Å². The van der Waals surface area contributed by atoms with Gasteiger partial charge in [0.2, 0.25) is 5.34 Å². The van der Waals surface area contributed by atoms with Gasteiger partial charge in [-0.1, -0.05) is 130 Å². The second-order valence-corrected chi connectivity index (χ2v) is 12.1. The van der Waals surface area contributed by atoms with Crippen molar-refractivity contribution >= 4 is 27.1 Å². The van der Waals surface area contributed by atoms with Crippen molar-refractivity contribution in [2.45, 2.75) is 160 Å². The molecular formula is C28H57O6PS. The molecule has 216 valence electrons. The molecule has 6 nitrogen and oxygen atoms in total. The number of unbranched alkanes of at least 4 members (excludes halogenated alkanes) is 13. The Bertz CT molecular complexity index is 538. The number of carboxylic acid groups (broad SMARTS) is 1. The zero-order valence-corrected chi connectivity index (χ0v) is 25.5. The standard InChI is InChI=1S/C28H57O6PS/c1-4-7-9-11-13-14-15-17-19-21-24(20-18-16-12-10-8-5-2)22-26(36)34-25(6-3)33-23-28(31,35-32)27(29)30/h24-26,31,36H,4-23,35H2,1-3H3,(H,29,30). The summed E-state index contributed by atoms with van der Waals surface area (Å²) in [6, 6.07) is 0. The van der Waals surface area contributed by atoms with E-state index < -0.39 is 32.7 Å². The van der Waals surface area contributed by atoms with E-state index in [9.17, 15) is 14.5 Å². The lowest BCUT2D eigenvalue weighted by Gasteiger charge is -2.26. The molecule has 0 aliphatic carbocycles. The van der Waals surface area contributed by atoms with E-state index in [-0.39, 0.29) is 5.44 Å². The smallest absolute Gasteiger partial charge is 0.345 e. The van der Waals surface area contributed by atoms with Gasteiger partial charge in [-0.3, -0.25) is 0 Å². The van der Waals surface area contributed by atoms with Gasteiger partial charge in [0.05, 0.1) is 6.61 Å². The molecule has 0 saturated heterocycles. The number of hydrogen-bond acceptors (Lipinski definition) is 6. The van der Waals surface area contributed by atoms with Crippen molar-refractivity contribution < 1.29 is 29.0 Å². The number of thiol groups is 1. The largest absolute Gasteiger partial charge is 0.479 e. The molecule has 5 unspecified atom stereocenters. The molecule has 0 aliphatic heterocycles. The Labute approximate surface area is 228 Å². The van der Waals surface area contributed by atoms with Crippen LogP contribution in [0.1, 0.15) is 143 Å². The maximum Gasteiger partial charge on any atom is 0.345 e. The van der Waals surface area contributed by atoms with Crippen LogP contribution in [0.15, 0.2) is 0 Å². The van der Waals surface area contributed by atoms with Gasteiger partial charge in [0.1, 0.15) is 13.9 Å². The Hall–Kier alpha value is -0.0700. The summed E-state index contributed by atoms with van der Waals surface area (Å²) in [7, 11) is -1.93. The van der Waals surface area contributed by atoms with Crippen LogP contribution in [0.25, 0.3) is 0 Å². The predicted molar refractivity (Wildman–Crippen MR) is 155 cm³/mol. The molecule has 0 spiro atoms. The number of aliphatic hydroxyl groups is 1. The lowest BCUT2D eigenvalue weighted by molar-refractivity contribution is -0.183. The normalized spacial score (nSPS) is 16.2. The highest BCUT2D eigenvalue weighted by molar-refractivity contribution is 7.80. The molecule has 36 heavy (non-hydrogen) atoms. The molecule has 0 rings (SSSR count). The molecule has 0 saturated carbocycles. The third-order valence-corrected chi connectivity index (χ3v) is 8.05. The fourth-order valence-electron chi connectivity index (χ4n) is 4.47. The van der Waals surface area contributed by atoms with Crippen LogP contribution in [0.5, 0.6) is 0 Å². The van der Waals surface area contributed by atoms with Crippen LogP contribution >= 0.6 is 21.1 Å². The first kappa shape index (κ1) is 35.9. The fourth-order valence-corrected chi connectivity index (χ4v) is 5.17. The van der Waals surface area contributed by atoms with Gasteiger partial charge in [-0.05, 0) is 18.8 Å². The van der Waals surface area contributed by atoms with Gasteiger partial charge in [-0.25, -0.2) is 4.79 Å². The molecule has 5 atom stereocenters. The molecule has 0 heterocycles. The van der Waals surface area contributed by atoms with Crippen LogP contribution in [0.4, 0.5) is 0 Å². The molecular weight excluding hydrogens is 495 g/mol. The summed E-state index contributed by atoms with van der Waals surface area (Å²) in [4.78, 5) is 11.2. The summed E-state index contributed by atoms with van der Waals surface area (Å²) in [5.74, 6) is -0.993. The van der Waals surface area contributed by atoms with Gasteiger partial charge in [0.15, 0.2) is 6.29 Å². The number of hydrogen-bond donors (Lipinski definition) is 3. The lowest BCUT2D eigenvalue weighted by atomic mass is 9.91. The lowest BCUT2D eigenvalue weighted by Crippen LogP contribution is -2.39. The van der Waals surface area contributed by atoms with E-state index in [1.165, 1.54) is 109 Å². The Morgan fingerprint density at radius 1 is 0.833 bits per heavy atom. The van der Waals surface area contributed by atoms with Gasteiger partial charge in [-0.2, -0.15) is 0 Å². The molecule has 0 aromatic heterocycles. The van der Waals surface area contributed by atoms with Crippen molar-refractivity contribution in [1.29, 1.82) is 0 Å². The van der Waals surface area contributed by atoms with E-state index in [0.29, 0.717) is 12.3 Å². The van der Waals surface area contributed by atoms with E-state index in [2.05, 4.69) is 26.5 Å². The van der Waals surface area contributed by atoms with Crippen LogP contribution in [0, 0.1) is 5.92 Å². The number of carboxylic acids is 1. The number of ether oxygens (including phenoxy) is 2. The van der Waals surface area contributed by atoms with Crippen molar-refractivity contribution in [2.75, 3.05) is 6.61 Å². The quantitative estimate of drug-likeness (QED) is 0.0411. The van der Waals surface area contributed by atoms with Crippen molar-refractivity contribution in [2.24, 2.45) is 5.92 Å². The molecule has 8 heteroatoms. The van der Waals surface area contributed by atoms with Gasteiger partial charge in [0, 0.05) is 0 Å². The molecule has 2 N–H and O–H groups in total. The van der Waals surface area contributed by atoms with Crippen LogP contribution in [-0.4, -0.2) is 39.9 Å². The molecule has 0 amide bonds. The van der Waals surface area contributed by atoms with Crippen LogP contribution in [0.3, 0.4) is 0 Å². The molecule has 0 aromatic rings. The first-order valence-electron chi connectivity index (χ1n) is 14.7. The predicted octanol–water partition coefficient (Wildman–Crippen LogP) is 8.22. The first-order valence-corrected chi connectivity index (χ1v) is 16.3. The second kappa shape index (κ2) is 24.0. The second-order valence-electron chi connectivity index (χ2n) is 10.4. The Morgan fingerprint density at radius 3 is 1.67 bits per heavy atom. The van der Waals surface area contributed by atoms with Gasteiger partial charge >= 0.3 is 5.97 Å². The third kappa shape index (κ3) is 19.1. The van der Waals surface area contributed by atoms with Crippen molar-refractivity contribution in [3.63, 3.8) is 0 Å². The van der Waals surface area contributed by atoms with E-state index in [4.69, 9.17) is 14.6 Å². The summed E-state index contributed by atoms with van der Waals surface area (Å²) in [5, 5.41) is 16.7. The average Bonchev–Trinajstić information content (AvgIpc) is 2.86. The zero-order valence-electron chi connectivity index (χ0n) is 23.4. The monoisotopic (exact) mass is 552 g/mol. The number of carbonyl (C=O) groups is 1. The number of rotatable bonds is 27. The minimum absolute atomic E-state index is 0.323. The van der Waals surface area contributed by atoms with Gasteiger partial charge < -0.3 is 24.3 Å². The molecule has 0 radical (unpaired) electrons. The maximum atomic E-state index is 11.2. The minimum Gasteiger partial charge on any atom is -0.479 e. The highest BCUT2D eigenvalue weighted by Gasteiger charge is 2.36. The third-order valence-electron chi connectivity index (χ3n) is 6.91. The average molecular weight is 553 g/mol. The fraction of sp³-hybridized carbons (Fsp3) is 0.964. The minimum atomic E-state index is -2.35. The summed E-state index contributed by atoms with van der Waals surface area (Å²) in [6.45, 7) is 5.81. The van der Waals surface area contributed by atoms with Crippen molar-refractivity contribution in [3.8, 4) is 0 Å². The van der Waals surface area contributed by atoms with Crippen LogP contribution in [-0.2, 0) is 18.8 Å². The topological polar surface area (TPSA) is 93.1 Å². The molecule has 0 bridgehead atoms. The summed E-state index contributed by atoms with van der Waals surface area (Å²) in [6.07, 6.45) is 22.6. The molecule has 0 fully saturated rings. The summed E-state index contributed by atoms with van der Waals surface area (Å²) < 4.78 is 22.6. The maximum absolute atomic E-state index is 11.2. The molecule has 0 aromatic carbocycles. The Morgan fingerprint density at radius 2 is 1.28 bits per heavy atom. The number of aliphatic carboxylic acids is 1. The van der Waals surface area contributed by atoms with E-state index in [1.807, 2.05) is 6.92 Å². The highest BCUT2D eigenvalue weighted by atomic mass is 32.1. The Kier molecular flexibility index (Phi) is 24.0.